The van der Waals surface area contributed by atoms with Crippen LogP contribution in [0.2, 0.25) is 0 Å². The highest BCUT2D eigenvalue weighted by Gasteiger charge is 2.30. The average Bonchev–Trinajstić information content (AvgIpc) is 2.40. The zero-order valence-electron chi connectivity index (χ0n) is 12.2. The summed E-state index contributed by atoms with van der Waals surface area (Å²) in [6, 6.07) is 4.69. The van der Waals surface area contributed by atoms with Crippen molar-refractivity contribution in [2.45, 2.75) is 51.0 Å². The van der Waals surface area contributed by atoms with Crippen molar-refractivity contribution >= 4 is 17.3 Å². The highest BCUT2D eigenvalue weighted by Crippen LogP contribution is 2.29. The summed E-state index contributed by atoms with van der Waals surface area (Å²) in [5, 5.41) is 13.6. The number of nitrogens with zero attached hydrogens (tertiary/aromatic N) is 1. The second-order valence-electron chi connectivity index (χ2n) is 5.91. The van der Waals surface area contributed by atoms with Crippen LogP contribution in [0.5, 0.6) is 0 Å². The quantitative estimate of drug-likeness (QED) is 0.658. The molecule has 21 heavy (non-hydrogen) atoms. The van der Waals surface area contributed by atoms with Gasteiger partial charge in [-0.25, -0.2) is 0 Å². The predicted octanol–water partition coefficient (Wildman–Crippen LogP) is 2.89. The van der Waals surface area contributed by atoms with Gasteiger partial charge in [-0.3, -0.25) is 14.9 Å². The van der Waals surface area contributed by atoms with E-state index in [0.717, 1.165) is 25.7 Å². The second-order valence-corrected chi connectivity index (χ2v) is 5.91. The largest absolute Gasteiger partial charge is 0.326 e. The first-order valence-electron chi connectivity index (χ1n) is 7.23. The molecule has 2 rings (SSSR count). The number of carbonyl (C=O) groups excluding carboxylic acids is 1. The molecule has 0 radical (unpaired) electrons. The minimum Gasteiger partial charge on any atom is -0.326 e. The first-order valence-corrected chi connectivity index (χ1v) is 7.23. The van der Waals surface area contributed by atoms with E-state index in [9.17, 15) is 14.9 Å². The Morgan fingerprint density at radius 3 is 2.67 bits per heavy atom. The lowest BCUT2D eigenvalue weighted by Gasteiger charge is -2.32. The third-order valence-electron chi connectivity index (χ3n) is 4.05. The summed E-state index contributed by atoms with van der Waals surface area (Å²) in [6.07, 6.45) is 5.25. The van der Waals surface area contributed by atoms with Crippen molar-refractivity contribution in [1.29, 1.82) is 0 Å². The summed E-state index contributed by atoms with van der Waals surface area (Å²) >= 11 is 0. The van der Waals surface area contributed by atoms with Gasteiger partial charge in [0, 0.05) is 29.3 Å². The topological polar surface area (TPSA) is 98.3 Å². The van der Waals surface area contributed by atoms with Crippen LogP contribution < -0.4 is 11.1 Å². The molecule has 0 bridgehead atoms. The minimum atomic E-state index is -0.448. The van der Waals surface area contributed by atoms with Crippen LogP contribution in [-0.2, 0) is 4.79 Å². The molecule has 0 spiro atoms. The van der Waals surface area contributed by atoms with Crippen molar-refractivity contribution in [3.05, 3.63) is 33.9 Å². The molecule has 6 heteroatoms. The van der Waals surface area contributed by atoms with Crippen molar-refractivity contribution < 1.29 is 9.72 Å². The van der Waals surface area contributed by atoms with Crippen LogP contribution in [0.3, 0.4) is 0 Å². The van der Waals surface area contributed by atoms with Gasteiger partial charge in [0.25, 0.3) is 5.69 Å². The number of nitrogens with one attached hydrogen (secondary N) is 1. The van der Waals surface area contributed by atoms with Gasteiger partial charge in [-0.05, 0) is 25.8 Å². The number of nitro groups is 1. The van der Waals surface area contributed by atoms with Crippen molar-refractivity contribution in [2.75, 3.05) is 5.32 Å². The zero-order valence-corrected chi connectivity index (χ0v) is 12.2. The fourth-order valence-electron chi connectivity index (χ4n) is 2.84. The van der Waals surface area contributed by atoms with Crippen LogP contribution >= 0.6 is 0 Å². The molecule has 0 atom stereocenters. The van der Waals surface area contributed by atoms with Crippen molar-refractivity contribution in [2.24, 2.45) is 5.73 Å². The lowest BCUT2D eigenvalue weighted by molar-refractivity contribution is -0.385. The van der Waals surface area contributed by atoms with Crippen LogP contribution in [0.15, 0.2) is 18.2 Å². The maximum absolute atomic E-state index is 12.1. The molecule has 0 aliphatic heterocycles. The molecule has 3 N–H and O–H groups in total. The van der Waals surface area contributed by atoms with Crippen molar-refractivity contribution in [3.8, 4) is 0 Å². The number of anilines is 1. The Balaban J connectivity index is 2.02. The molecule has 1 aromatic carbocycles. The number of rotatable bonds is 4. The summed E-state index contributed by atoms with van der Waals surface area (Å²) in [5.74, 6) is -0.183. The van der Waals surface area contributed by atoms with Gasteiger partial charge in [0.15, 0.2) is 0 Å². The Hall–Kier alpha value is -1.95. The zero-order chi connectivity index (χ0) is 15.5. The van der Waals surface area contributed by atoms with Gasteiger partial charge in [0.1, 0.15) is 0 Å². The molecule has 0 saturated heterocycles. The maximum atomic E-state index is 12.1. The molecule has 6 nitrogen and oxygen atoms in total. The normalized spacial score (nSPS) is 17.2. The first-order chi connectivity index (χ1) is 9.89. The minimum absolute atomic E-state index is 0.00734. The number of hydrogen-bond acceptors (Lipinski definition) is 4. The lowest BCUT2D eigenvalue weighted by Crippen LogP contribution is -2.44. The Labute approximate surface area is 123 Å². The van der Waals surface area contributed by atoms with E-state index >= 15 is 0 Å². The van der Waals surface area contributed by atoms with Crippen LogP contribution in [0, 0.1) is 17.0 Å². The summed E-state index contributed by atoms with van der Waals surface area (Å²) in [5.41, 5.74) is 6.83. The predicted molar refractivity (Wildman–Crippen MR) is 81.1 cm³/mol. The fraction of sp³-hybridized carbons (Fsp3) is 0.533. The Bertz CT molecular complexity index is 551. The van der Waals surface area contributed by atoms with E-state index in [-0.39, 0.29) is 18.0 Å². The smallest absolute Gasteiger partial charge is 0.274 e. The number of aryl methyl sites for hydroxylation is 1. The van der Waals surface area contributed by atoms with Crippen LogP contribution in [0.1, 0.15) is 44.1 Å². The van der Waals surface area contributed by atoms with E-state index < -0.39 is 10.5 Å². The molecule has 1 amide bonds. The van der Waals surface area contributed by atoms with E-state index in [2.05, 4.69) is 5.32 Å². The van der Waals surface area contributed by atoms with Crippen molar-refractivity contribution in [1.82, 2.24) is 0 Å². The highest BCUT2D eigenvalue weighted by atomic mass is 16.6. The van der Waals surface area contributed by atoms with Gasteiger partial charge >= 0.3 is 0 Å². The molecule has 1 aromatic rings. The summed E-state index contributed by atoms with van der Waals surface area (Å²) in [4.78, 5) is 22.5. The summed E-state index contributed by atoms with van der Waals surface area (Å²) in [7, 11) is 0. The first kappa shape index (κ1) is 15.4. The number of nitrogens with two attached hydrogens (primary N) is 1. The standard InChI is InChI=1S/C15H21N3O3/c1-11-5-6-12(9-13(11)18(20)21)17-14(19)10-15(16)7-3-2-4-8-15/h5-6,9H,2-4,7-8,10,16H2,1H3,(H,17,19). The Morgan fingerprint density at radius 1 is 1.38 bits per heavy atom. The molecule has 0 aromatic heterocycles. The molecule has 1 saturated carbocycles. The van der Waals surface area contributed by atoms with E-state index in [0.29, 0.717) is 11.3 Å². The molecule has 1 aliphatic rings. The van der Waals surface area contributed by atoms with E-state index in [1.54, 1.807) is 19.1 Å². The maximum Gasteiger partial charge on any atom is 0.274 e. The average molecular weight is 291 g/mol. The molecule has 1 fully saturated rings. The van der Waals surface area contributed by atoms with Gasteiger partial charge in [0.05, 0.1) is 4.92 Å². The molecular formula is C15H21N3O3. The highest BCUT2D eigenvalue weighted by molar-refractivity contribution is 5.91. The van der Waals surface area contributed by atoms with Gasteiger partial charge in [-0.2, -0.15) is 0 Å². The Kier molecular flexibility index (Phi) is 4.57. The summed E-state index contributed by atoms with van der Waals surface area (Å²) in [6.45, 7) is 1.67. The molecule has 0 heterocycles. The number of amides is 1. The van der Waals surface area contributed by atoms with Crippen LogP contribution in [0.25, 0.3) is 0 Å². The molecular weight excluding hydrogens is 270 g/mol. The Morgan fingerprint density at radius 2 is 2.05 bits per heavy atom. The van der Waals surface area contributed by atoms with Gasteiger partial charge < -0.3 is 11.1 Å². The summed E-state index contributed by atoms with van der Waals surface area (Å²) < 4.78 is 0. The van der Waals surface area contributed by atoms with E-state index in [1.165, 1.54) is 12.5 Å². The van der Waals surface area contributed by atoms with E-state index in [4.69, 9.17) is 5.73 Å². The van der Waals surface area contributed by atoms with Crippen molar-refractivity contribution in [3.63, 3.8) is 0 Å². The second kappa shape index (κ2) is 6.22. The fourth-order valence-corrected chi connectivity index (χ4v) is 2.84. The van der Waals surface area contributed by atoms with Crippen LogP contribution in [0.4, 0.5) is 11.4 Å². The molecule has 114 valence electrons. The van der Waals surface area contributed by atoms with Gasteiger partial charge in [0.2, 0.25) is 5.91 Å². The number of benzene rings is 1. The third-order valence-corrected chi connectivity index (χ3v) is 4.05. The van der Waals surface area contributed by atoms with E-state index in [1.807, 2.05) is 0 Å². The number of nitro benzene ring substituents is 1. The monoisotopic (exact) mass is 291 g/mol. The third kappa shape index (κ3) is 4.01. The molecule has 1 aliphatic carbocycles. The molecule has 0 unspecified atom stereocenters. The number of hydrogen-bond donors (Lipinski definition) is 2. The van der Waals surface area contributed by atoms with Gasteiger partial charge in [-0.15, -0.1) is 0 Å². The van der Waals surface area contributed by atoms with Gasteiger partial charge in [-0.1, -0.05) is 25.3 Å². The number of carbonyl (C=O) groups is 1. The lowest BCUT2D eigenvalue weighted by atomic mass is 9.80. The SMILES string of the molecule is Cc1ccc(NC(=O)CC2(N)CCCCC2)cc1[N+](=O)[O-]. The van der Waals surface area contributed by atoms with Crippen LogP contribution in [-0.4, -0.2) is 16.4 Å².